The predicted octanol–water partition coefficient (Wildman–Crippen LogP) is 4.24. The van der Waals surface area contributed by atoms with E-state index in [0.29, 0.717) is 0 Å². The van der Waals surface area contributed by atoms with Crippen molar-refractivity contribution in [2.24, 2.45) is 0 Å². The Morgan fingerprint density at radius 2 is 1.88 bits per heavy atom. The first-order valence-corrected chi connectivity index (χ1v) is 9.78. The van der Waals surface area contributed by atoms with Crippen LogP contribution in [-0.4, -0.2) is 26.2 Å². The van der Waals surface area contributed by atoms with E-state index in [1.807, 2.05) is 6.07 Å². The molecule has 2 aromatic rings. The van der Waals surface area contributed by atoms with Gasteiger partial charge in [-0.3, -0.25) is 0 Å². The number of fused-ring (bicyclic) bond motifs is 1. The molecule has 0 atom stereocenters. The van der Waals surface area contributed by atoms with E-state index >= 15 is 0 Å². The quantitative estimate of drug-likeness (QED) is 0.859. The van der Waals surface area contributed by atoms with Gasteiger partial charge in [-0.15, -0.1) is 0 Å². The smallest absolute Gasteiger partial charge is 0.0640 e. The molecule has 0 amide bonds. The first-order valence-electron chi connectivity index (χ1n) is 9.40. The van der Waals surface area contributed by atoms with Crippen molar-refractivity contribution < 1.29 is 0 Å². The first kappa shape index (κ1) is 16.7. The fourth-order valence-electron chi connectivity index (χ4n) is 3.96. The number of rotatable bonds is 4. The fraction of sp³-hybridized carbons (Fsp3) is 0.429. The summed E-state index contributed by atoms with van der Waals surface area (Å²) in [6.07, 6.45) is 4.72. The first-order chi connectivity index (χ1) is 12.3. The Morgan fingerprint density at radius 1 is 1.04 bits per heavy atom. The molecule has 0 saturated carbocycles. The summed E-state index contributed by atoms with van der Waals surface area (Å²) < 4.78 is 0. The monoisotopic (exact) mass is 355 g/mol. The van der Waals surface area contributed by atoms with Crippen molar-refractivity contribution in [3.05, 3.63) is 58.1 Å². The van der Waals surface area contributed by atoms with Gasteiger partial charge in [-0.05, 0) is 73.7 Å². The van der Waals surface area contributed by atoms with E-state index in [1.54, 1.807) is 0 Å². The number of halogens is 1. The van der Waals surface area contributed by atoms with Crippen LogP contribution >= 0.6 is 11.6 Å². The normalized spacial score (nSPS) is 17.2. The fourth-order valence-corrected chi connectivity index (χ4v) is 4.21. The molecule has 0 unspecified atom stereocenters. The molecule has 0 aliphatic carbocycles. The van der Waals surface area contributed by atoms with Crippen LogP contribution in [0.15, 0.2) is 36.4 Å². The van der Waals surface area contributed by atoms with Crippen molar-refractivity contribution in [1.82, 2.24) is 5.32 Å². The molecule has 0 radical (unpaired) electrons. The van der Waals surface area contributed by atoms with Gasteiger partial charge >= 0.3 is 0 Å². The summed E-state index contributed by atoms with van der Waals surface area (Å²) in [7, 11) is 0. The minimum atomic E-state index is 0.811. The summed E-state index contributed by atoms with van der Waals surface area (Å²) in [6, 6.07) is 13.1. The highest BCUT2D eigenvalue weighted by molar-refractivity contribution is 6.33. The third-order valence-electron chi connectivity index (χ3n) is 5.33. The number of anilines is 2. The number of nitrogens with one attached hydrogen (secondary N) is 2. The van der Waals surface area contributed by atoms with E-state index in [4.69, 9.17) is 11.6 Å². The summed E-state index contributed by atoms with van der Waals surface area (Å²) in [4.78, 5) is 2.48. The van der Waals surface area contributed by atoms with Crippen molar-refractivity contribution in [2.75, 3.05) is 36.4 Å². The summed E-state index contributed by atoms with van der Waals surface area (Å²) >= 11 is 6.52. The zero-order valence-electron chi connectivity index (χ0n) is 14.7. The van der Waals surface area contributed by atoms with E-state index < -0.39 is 0 Å². The molecule has 0 spiro atoms. The van der Waals surface area contributed by atoms with E-state index in [9.17, 15) is 0 Å². The van der Waals surface area contributed by atoms with Crippen molar-refractivity contribution in [1.29, 1.82) is 0 Å². The van der Waals surface area contributed by atoms with E-state index in [1.165, 1.54) is 48.3 Å². The number of hydrogen-bond acceptors (Lipinski definition) is 3. The van der Waals surface area contributed by atoms with Crippen LogP contribution in [0.3, 0.4) is 0 Å². The maximum atomic E-state index is 6.52. The third kappa shape index (κ3) is 3.78. The molecule has 2 aromatic carbocycles. The van der Waals surface area contributed by atoms with Crippen molar-refractivity contribution in [3.8, 4) is 0 Å². The molecule has 2 aliphatic rings. The van der Waals surface area contributed by atoms with Crippen LogP contribution in [0, 0.1) is 0 Å². The SMILES string of the molecule is Clc1ccc2c(c1NCc1cccc(N3CCCC3)c1)CCNCC2. The number of hydrogen-bond donors (Lipinski definition) is 2. The van der Waals surface area contributed by atoms with Gasteiger partial charge in [-0.2, -0.15) is 0 Å². The Kier molecular flexibility index (Phi) is 5.14. The third-order valence-corrected chi connectivity index (χ3v) is 5.65. The van der Waals surface area contributed by atoms with Gasteiger partial charge in [-0.25, -0.2) is 0 Å². The molecule has 0 bridgehead atoms. The van der Waals surface area contributed by atoms with Crippen LogP contribution in [0.25, 0.3) is 0 Å². The van der Waals surface area contributed by atoms with Crippen LogP contribution in [0.5, 0.6) is 0 Å². The number of nitrogens with zero attached hydrogens (tertiary/aromatic N) is 1. The topological polar surface area (TPSA) is 27.3 Å². The van der Waals surface area contributed by atoms with E-state index in [2.05, 4.69) is 45.9 Å². The minimum Gasteiger partial charge on any atom is -0.380 e. The Morgan fingerprint density at radius 3 is 2.76 bits per heavy atom. The van der Waals surface area contributed by atoms with Gasteiger partial charge in [-0.1, -0.05) is 29.8 Å². The molecule has 25 heavy (non-hydrogen) atoms. The molecule has 3 nitrogen and oxygen atoms in total. The van der Waals surface area contributed by atoms with E-state index in [-0.39, 0.29) is 0 Å². The van der Waals surface area contributed by atoms with Gasteiger partial charge in [0.05, 0.1) is 10.7 Å². The molecule has 0 aromatic heterocycles. The zero-order valence-corrected chi connectivity index (χ0v) is 15.4. The second-order valence-electron chi connectivity index (χ2n) is 7.03. The molecule has 4 rings (SSSR count). The lowest BCUT2D eigenvalue weighted by atomic mass is 10.0. The minimum absolute atomic E-state index is 0.811. The van der Waals surface area contributed by atoms with Gasteiger partial charge in [0.1, 0.15) is 0 Å². The molecule has 1 fully saturated rings. The molecule has 2 heterocycles. The highest BCUT2D eigenvalue weighted by Gasteiger charge is 2.15. The number of benzene rings is 2. The van der Waals surface area contributed by atoms with Gasteiger partial charge < -0.3 is 15.5 Å². The van der Waals surface area contributed by atoms with Crippen molar-refractivity contribution in [3.63, 3.8) is 0 Å². The van der Waals surface area contributed by atoms with Crippen LogP contribution in [0.4, 0.5) is 11.4 Å². The van der Waals surface area contributed by atoms with Crippen LogP contribution in [-0.2, 0) is 19.4 Å². The summed E-state index contributed by atoms with van der Waals surface area (Å²) in [5.41, 5.74) is 6.58. The zero-order chi connectivity index (χ0) is 17.1. The molecular weight excluding hydrogens is 330 g/mol. The van der Waals surface area contributed by atoms with Gasteiger partial charge in [0.25, 0.3) is 0 Å². The average molecular weight is 356 g/mol. The summed E-state index contributed by atoms with van der Waals surface area (Å²) in [6.45, 7) is 5.24. The summed E-state index contributed by atoms with van der Waals surface area (Å²) in [5.74, 6) is 0. The van der Waals surface area contributed by atoms with Crippen molar-refractivity contribution in [2.45, 2.75) is 32.2 Å². The van der Waals surface area contributed by atoms with Gasteiger partial charge in [0.2, 0.25) is 0 Å². The van der Waals surface area contributed by atoms with Crippen LogP contribution in [0.2, 0.25) is 5.02 Å². The highest BCUT2D eigenvalue weighted by Crippen LogP contribution is 2.31. The van der Waals surface area contributed by atoms with Crippen molar-refractivity contribution >= 4 is 23.0 Å². The largest absolute Gasteiger partial charge is 0.380 e. The Balaban J connectivity index is 1.52. The van der Waals surface area contributed by atoms with Crippen LogP contribution < -0.4 is 15.5 Å². The predicted molar refractivity (Wildman–Crippen MR) is 107 cm³/mol. The Labute approximate surface area is 155 Å². The summed E-state index contributed by atoms with van der Waals surface area (Å²) in [5, 5.41) is 7.93. The lowest BCUT2D eigenvalue weighted by Crippen LogP contribution is -2.17. The Bertz CT molecular complexity index is 738. The molecule has 2 N–H and O–H groups in total. The van der Waals surface area contributed by atoms with E-state index in [0.717, 1.165) is 43.2 Å². The lowest BCUT2D eigenvalue weighted by molar-refractivity contribution is 0.711. The Hall–Kier alpha value is -1.71. The standard InChI is InChI=1S/C21H26ClN3/c22-20-7-6-17-8-10-23-11-9-19(17)21(20)24-15-16-4-3-5-18(14-16)25-12-1-2-13-25/h3-7,14,23-24H,1-2,8-13,15H2. The molecule has 4 heteroatoms. The molecule has 132 valence electrons. The lowest BCUT2D eigenvalue weighted by Gasteiger charge is -2.19. The second-order valence-corrected chi connectivity index (χ2v) is 7.43. The van der Waals surface area contributed by atoms with Gasteiger partial charge in [0, 0.05) is 25.3 Å². The highest BCUT2D eigenvalue weighted by atomic mass is 35.5. The second kappa shape index (κ2) is 7.67. The van der Waals surface area contributed by atoms with Gasteiger partial charge in [0.15, 0.2) is 0 Å². The average Bonchev–Trinajstić information content (AvgIpc) is 3.07. The molecule has 1 saturated heterocycles. The molecular formula is C21H26ClN3. The maximum Gasteiger partial charge on any atom is 0.0640 e. The molecule has 2 aliphatic heterocycles. The maximum absolute atomic E-state index is 6.52. The van der Waals surface area contributed by atoms with Crippen LogP contribution in [0.1, 0.15) is 29.5 Å².